The molecule has 2 aliphatic heterocycles. The predicted molar refractivity (Wildman–Crippen MR) is 127 cm³/mol. The van der Waals surface area contributed by atoms with Crippen molar-refractivity contribution in [3.63, 3.8) is 0 Å². The van der Waals surface area contributed by atoms with Crippen LogP contribution in [0.25, 0.3) is 0 Å². The standard InChI is InChI=1S/C25H25N5O4/c1-16-9-14-34-22(16)25(33)29-12-10-28(11-13-29)24(32)17-5-7-18(8-6-17)30-15-27-20-4-2-3-19(21(20)30)23(26)31/h2-9,14,27H,10-13,15H2,1H3,(H2,26,31). The van der Waals surface area contributed by atoms with Crippen LogP contribution in [0.2, 0.25) is 0 Å². The summed E-state index contributed by atoms with van der Waals surface area (Å²) in [6.07, 6.45) is 1.51. The molecule has 5 rings (SSSR count). The van der Waals surface area contributed by atoms with Crippen LogP contribution in [0.1, 0.15) is 36.8 Å². The lowest BCUT2D eigenvalue weighted by molar-refractivity contribution is 0.0517. The first-order valence-corrected chi connectivity index (χ1v) is 11.1. The molecule has 1 saturated heterocycles. The van der Waals surface area contributed by atoms with E-state index in [-0.39, 0.29) is 11.8 Å². The van der Waals surface area contributed by atoms with Crippen molar-refractivity contribution in [3.05, 3.63) is 77.2 Å². The molecule has 2 aliphatic rings. The van der Waals surface area contributed by atoms with Crippen LogP contribution in [0.5, 0.6) is 0 Å². The van der Waals surface area contributed by atoms with Crippen LogP contribution in [0.15, 0.2) is 59.2 Å². The first kappa shape index (κ1) is 21.6. The van der Waals surface area contributed by atoms with E-state index in [0.717, 1.165) is 22.6 Å². The topological polar surface area (TPSA) is 112 Å². The van der Waals surface area contributed by atoms with Crippen LogP contribution in [-0.4, -0.2) is 60.4 Å². The van der Waals surface area contributed by atoms with E-state index in [0.29, 0.717) is 49.7 Å². The van der Waals surface area contributed by atoms with Gasteiger partial charge in [0.05, 0.1) is 29.9 Å². The van der Waals surface area contributed by atoms with Crippen molar-refractivity contribution in [2.24, 2.45) is 5.73 Å². The number of carbonyl (C=O) groups is 3. The van der Waals surface area contributed by atoms with Crippen LogP contribution in [0, 0.1) is 6.92 Å². The SMILES string of the molecule is Cc1ccoc1C(=O)N1CCN(C(=O)c2ccc(N3CNc4cccc(C(N)=O)c43)cc2)CC1. The minimum absolute atomic E-state index is 0.0781. The summed E-state index contributed by atoms with van der Waals surface area (Å²) in [5, 5.41) is 3.26. The molecular weight excluding hydrogens is 434 g/mol. The second-order valence-corrected chi connectivity index (χ2v) is 8.39. The summed E-state index contributed by atoms with van der Waals surface area (Å²) in [5.74, 6) is -0.357. The summed E-state index contributed by atoms with van der Waals surface area (Å²) in [5.41, 5.74) is 9.81. The number of furan rings is 1. The highest BCUT2D eigenvalue weighted by Crippen LogP contribution is 2.39. The molecule has 3 heterocycles. The summed E-state index contributed by atoms with van der Waals surface area (Å²) >= 11 is 0. The maximum Gasteiger partial charge on any atom is 0.289 e. The Bertz CT molecular complexity index is 1260. The number of primary amides is 1. The summed E-state index contributed by atoms with van der Waals surface area (Å²) < 4.78 is 5.31. The number of piperazine rings is 1. The summed E-state index contributed by atoms with van der Waals surface area (Å²) in [4.78, 5) is 43.0. The molecule has 0 spiro atoms. The number of fused-ring (bicyclic) bond motifs is 1. The number of anilines is 3. The highest BCUT2D eigenvalue weighted by Gasteiger charge is 2.28. The van der Waals surface area contributed by atoms with Crippen molar-refractivity contribution in [3.8, 4) is 0 Å². The molecule has 0 unspecified atom stereocenters. The zero-order valence-corrected chi connectivity index (χ0v) is 18.8. The molecule has 9 nitrogen and oxygen atoms in total. The fraction of sp³-hybridized carbons (Fsp3) is 0.240. The molecule has 0 bridgehead atoms. The average Bonchev–Trinajstić information content (AvgIpc) is 3.49. The van der Waals surface area contributed by atoms with Crippen LogP contribution in [0.3, 0.4) is 0 Å². The fourth-order valence-corrected chi connectivity index (χ4v) is 4.45. The number of para-hydroxylation sites is 1. The third-order valence-corrected chi connectivity index (χ3v) is 6.34. The Kier molecular flexibility index (Phi) is 5.45. The zero-order chi connectivity index (χ0) is 23.8. The number of amides is 3. The van der Waals surface area contributed by atoms with Gasteiger partial charge in [0.1, 0.15) is 0 Å². The summed E-state index contributed by atoms with van der Waals surface area (Å²) in [6, 6.07) is 14.5. The molecule has 174 valence electrons. The Morgan fingerprint density at radius 3 is 2.21 bits per heavy atom. The Hall–Kier alpha value is -4.27. The highest BCUT2D eigenvalue weighted by molar-refractivity contribution is 6.04. The Balaban J connectivity index is 1.26. The van der Waals surface area contributed by atoms with Crippen molar-refractivity contribution >= 4 is 34.8 Å². The number of carbonyl (C=O) groups excluding carboxylic acids is 3. The van der Waals surface area contributed by atoms with Crippen LogP contribution in [0.4, 0.5) is 17.1 Å². The minimum Gasteiger partial charge on any atom is -0.459 e. The molecule has 2 aromatic carbocycles. The first-order valence-electron chi connectivity index (χ1n) is 11.1. The van der Waals surface area contributed by atoms with Gasteiger partial charge in [-0.2, -0.15) is 0 Å². The van der Waals surface area contributed by atoms with Gasteiger partial charge in [0.15, 0.2) is 5.76 Å². The van der Waals surface area contributed by atoms with Crippen molar-refractivity contribution in [1.82, 2.24) is 9.80 Å². The number of hydrogen-bond donors (Lipinski definition) is 2. The lowest BCUT2D eigenvalue weighted by Crippen LogP contribution is -2.50. The van der Waals surface area contributed by atoms with Crippen molar-refractivity contribution in [2.45, 2.75) is 6.92 Å². The second kappa shape index (κ2) is 8.58. The minimum atomic E-state index is -0.489. The third kappa shape index (κ3) is 3.75. The number of rotatable bonds is 4. The first-order chi connectivity index (χ1) is 16.4. The van der Waals surface area contributed by atoms with Gasteiger partial charge in [-0.1, -0.05) is 6.07 Å². The monoisotopic (exact) mass is 459 g/mol. The molecule has 0 saturated carbocycles. The molecule has 1 fully saturated rings. The quantitative estimate of drug-likeness (QED) is 0.621. The smallest absolute Gasteiger partial charge is 0.289 e. The van der Waals surface area contributed by atoms with Gasteiger partial charge in [0.2, 0.25) is 0 Å². The molecule has 0 aliphatic carbocycles. The van der Waals surface area contributed by atoms with Gasteiger partial charge in [0, 0.05) is 43.0 Å². The number of nitrogens with one attached hydrogen (secondary N) is 1. The van der Waals surface area contributed by atoms with Gasteiger partial charge in [-0.3, -0.25) is 14.4 Å². The molecule has 0 atom stereocenters. The Morgan fingerprint density at radius 1 is 0.912 bits per heavy atom. The fourth-order valence-electron chi connectivity index (χ4n) is 4.45. The van der Waals surface area contributed by atoms with Gasteiger partial charge in [0.25, 0.3) is 17.7 Å². The van der Waals surface area contributed by atoms with E-state index in [1.807, 2.05) is 30.0 Å². The number of aryl methyl sites for hydroxylation is 1. The molecule has 9 heteroatoms. The number of hydrogen-bond acceptors (Lipinski definition) is 6. The second-order valence-electron chi connectivity index (χ2n) is 8.39. The zero-order valence-electron chi connectivity index (χ0n) is 18.8. The predicted octanol–water partition coefficient (Wildman–Crippen LogP) is 2.81. The lowest BCUT2D eigenvalue weighted by Gasteiger charge is -2.34. The van der Waals surface area contributed by atoms with Gasteiger partial charge >= 0.3 is 0 Å². The van der Waals surface area contributed by atoms with Crippen molar-refractivity contribution in [2.75, 3.05) is 43.1 Å². The van der Waals surface area contributed by atoms with Gasteiger partial charge in [-0.25, -0.2) is 0 Å². The van der Waals surface area contributed by atoms with Gasteiger partial charge in [-0.05, 0) is 49.4 Å². The number of nitrogens with zero attached hydrogens (tertiary/aromatic N) is 3. The lowest BCUT2D eigenvalue weighted by atomic mass is 10.1. The molecule has 34 heavy (non-hydrogen) atoms. The summed E-state index contributed by atoms with van der Waals surface area (Å²) in [6.45, 7) is 4.16. The molecule has 3 N–H and O–H groups in total. The number of nitrogens with two attached hydrogens (primary N) is 1. The Labute approximate surface area is 196 Å². The normalized spacial score (nSPS) is 15.1. The van der Waals surface area contributed by atoms with Crippen LogP contribution < -0.4 is 16.0 Å². The van der Waals surface area contributed by atoms with Crippen LogP contribution >= 0.6 is 0 Å². The maximum absolute atomic E-state index is 13.1. The molecule has 0 radical (unpaired) electrons. The third-order valence-electron chi connectivity index (χ3n) is 6.34. The maximum atomic E-state index is 13.1. The van der Waals surface area contributed by atoms with Crippen molar-refractivity contribution < 1.29 is 18.8 Å². The van der Waals surface area contributed by atoms with E-state index in [9.17, 15) is 14.4 Å². The molecular formula is C25H25N5O4. The highest BCUT2D eigenvalue weighted by atomic mass is 16.3. The number of benzene rings is 2. The van der Waals surface area contributed by atoms with E-state index < -0.39 is 5.91 Å². The van der Waals surface area contributed by atoms with Gasteiger partial charge < -0.3 is 30.2 Å². The largest absolute Gasteiger partial charge is 0.459 e. The Morgan fingerprint density at radius 2 is 1.59 bits per heavy atom. The molecule has 1 aromatic heterocycles. The molecule has 3 aromatic rings. The van der Waals surface area contributed by atoms with E-state index >= 15 is 0 Å². The molecule has 3 amide bonds. The van der Waals surface area contributed by atoms with E-state index in [2.05, 4.69) is 5.32 Å². The van der Waals surface area contributed by atoms with E-state index in [1.54, 1.807) is 40.1 Å². The van der Waals surface area contributed by atoms with E-state index in [1.165, 1.54) is 6.26 Å². The van der Waals surface area contributed by atoms with Crippen molar-refractivity contribution in [1.29, 1.82) is 0 Å². The average molecular weight is 460 g/mol. The van der Waals surface area contributed by atoms with Crippen LogP contribution in [-0.2, 0) is 0 Å². The van der Waals surface area contributed by atoms with Gasteiger partial charge in [-0.15, -0.1) is 0 Å². The summed E-state index contributed by atoms with van der Waals surface area (Å²) in [7, 11) is 0. The van der Waals surface area contributed by atoms with E-state index in [4.69, 9.17) is 10.2 Å².